The molecule has 0 radical (unpaired) electrons. The summed E-state index contributed by atoms with van der Waals surface area (Å²) >= 11 is 5.70. The highest BCUT2D eigenvalue weighted by atomic mass is 35.5. The highest BCUT2D eigenvalue weighted by molar-refractivity contribution is 6.30. The van der Waals surface area contributed by atoms with E-state index in [1.807, 2.05) is 12.1 Å². The van der Waals surface area contributed by atoms with Crippen LogP contribution in [0.1, 0.15) is 17.2 Å². The molecule has 0 fully saturated rings. The normalized spacial score (nSPS) is 12.5. The van der Waals surface area contributed by atoms with Crippen LogP contribution < -0.4 is 5.73 Å². The Hall–Kier alpha value is -1.90. The highest BCUT2D eigenvalue weighted by Gasteiger charge is 2.10. The number of halogens is 2. The summed E-state index contributed by atoms with van der Waals surface area (Å²) in [6, 6.07) is 18.9. The van der Waals surface area contributed by atoms with Gasteiger partial charge in [0.25, 0.3) is 0 Å². The third-order valence-electron chi connectivity index (χ3n) is 3.64. The van der Waals surface area contributed by atoms with E-state index >= 15 is 0 Å². The molecular weight excluding hydrogens is 285 g/mol. The molecule has 3 aromatic rings. The molecule has 0 aliphatic heterocycles. The van der Waals surface area contributed by atoms with Gasteiger partial charge in [0.05, 0.1) is 5.02 Å². The smallest absolute Gasteiger partial charge is 0.142 e. The van der Waals surface area contributed by atoms with Crippen molar-refractivity contribution in [2.75, 3.05) is 0 Å². The topological polar surface area (TPSA) is 26.0 Å². The Balaban J connectivity index is 1.85. The van der Waals surface area contributed by atoms with Gasteiger partial charge in [-0.15, -0.1) is 0 Å². The van der Waals surface area contributed by atoms with Crippen molar-refractivity contribution in [1.29, 1.82) is 0 Å². The summed E-state index contributed by atoms with van der Waals surface area (Å²) in [4.78, 5) is 0. The summed E-state index contributed by atoms with van der Waals surface area (Å²) < 4.78 is 13.5. The molecule has 0 heterocycles. The quantitative estimate of drug-likeness (QED) is 0.733. The van der Waals surface area contributed by atoms with Crippen LogP contribution >= 0.6 is 11.6 Å². The van der Waals surface area contributed by atoms with Gasteiger partial charge in [-0.25, -0.2) is 4.39 Å². The molecule has 0 aliphatic rings. The molecule has 1 unspecified atom stereocenters. The van der Waals surface area contributed by atoms with E-state index in [1.54, 1.807) is 12.1 Å². The van der Waals surface area contributed by atoms with Crippen LogP contribution in [0.15, 0.2) is 60.7 Å². The molecule has 0 bridgehead atoms. The number of hydrogen-bond acceptors (Lipinski definition) is 1. The van der Waals surface area contributed by atoms with Crippen molar-refractivity contribution >= 4 is 22.4 Å². The van der Waals surface area contributed by atoms with Gasteiger partial charge >= 0.3 is 0 Å². The summed E-state index contributed by atoms with van der Waals surface area (Å²) in [7, 11) is 0. The Kier molecular flexibility index (Phi) is 3.91. The molecule has 1 nitrogen and oxygen atoms in total. The Morgan fingerprint density at radius 1 is 0.952 bits per heavy atom. The number of rotatable bonds is 3. The van der Waals surface area contributed by atoms with E-state index in [-0.39, 0.29) is 11.1 Å². The van der Waals surface area contributed by atoms with Gasteiger partial charge in [-0.2, -0.15) is 0 Å². The number of hydrogen-bond donors (Lipinski definition) is 1. The van der Waals surface area contributed by atoms with Crippen molar-refractivity contribution in [3.05, 3.63) is 82.6 Å². The maximum absolute atomic E-state index is 13.5. The monoisotopic (exact) mass is 299 g/mol. The van der Waals surface area contributed by atoms with Crippen LogP contribution in [0.5, 0.6) is 0 Å². The van der Waals surface area contributed by atoms with E-state index < -0.39 is 5.82 Å². The maximum atomic E-state index is 13.5. The summed E-state index contributed by atoms with van der Waals surface area (Å²) in [5.41, 5.74) is 8.07. The minimum Gasteiger partial charge on any atom is -0.324 e. The van der Waals surface area contributed by atoms with Crippen molar-refractivity contribution in [2.24, 2.45) is 5.73 Å². The first-order valence-corrected chi connectivity index (χ1v) is 7.19. The lowest BCUT2D eigenvalue weighted by Gasteiger charge is -2.13. The van der Waals surface area contributed by atoms with Gasteiger partial charge in [0.15, 0.2) is 0 Å². The minimum absolute atomic E-state index is 0.122. The Bertz CT molecular complexity index is 785. The summed E-state index contributed by atoms with van der Waals surface area (Å²) in [6.07, 6.45) is 0.659. The van der Waals surface area contributed by atoms with Crippen LogP contribution in [-0.4, -0.2) is 0 Å². The van der Waals surface area contributed by atoms with Crippen LogP contribution in [0.2, 0.25) is 5.02 Å². The Labute approximate surface area is 128 Å². The Morgan fingerprint density at radius 2 is 1.71 bits per heavy atom. The largest absolute Gasteiger partial charge is 0.324 e. The van der Waals surface area contributed by atoms with Crippen LogP contribution in [0.3, 0.4) is 0 Å². The molecule has 3 heteroatoms. The molecule has 0 amide bonds. The average molecular weight is 300 g/mol. The lowest BCUT2D eigenvalue weighted by molar-refractivity contribution is 0.619. The van der Waals surface area contributed by atoms with E-state index in [0.29, 0.717) is 6.42 Å². The molecule has 3 rings (SSSR count). The Morgan fingerprint density at radius 3 is 2.48 bits per heavy atom. The van der Waals surface area contributed by atoms with Crippen molar-refractivity contribution < 1.29 is 4.39 Å². The van der Waals surface area contributed by atoms with Gasteiger partial charge in [-0.05, 0) is 40.5 Å². The zero-order valence-electron chi connectivity index (χ0n) is 11.4. The first-order chi connectivity index (χ1) is 10.1. The lowest BCUT2D eigenvalue weighted by Crippen LogP contribution is -2.13. The zero-order valence-corrected chi connectivity index (χ0v) is 12.1. The van der Waals surface area contributed by atoms with E-state index in [1.165, 1.54) is 16.8 Å². The third kappa shape index (κ3) is 3.07. The van der Waals surface area contributed by atoms with Gasteiger partial charge in [0, 0.05) is 6.04 Å². The van der Waals surface area contributed by atoms with E-state index in [9.17, 15) is 4.39 Å². The van der Waals surface area contributed by atoms with Gasteiger partial charge in [0.1, 0.15) is 5.82 Å². The van der Waals surface area contributed by atoms with Crippen LogP contribution in [0.25, 0.3) is 10.8 Å². The van der Waals surface area contributed by atoms with Gasteiger partial charge < -0.3 is 5.73 Å². The zero-order chi connectivity index (χ0) is 14.8. The maximum Gasteiger partial charge on any atom is 0.142 e. The molecular formula is C18H15ClFN. The average Bonchev–Trinajstić information content (AvgIpc) is 2.50. The standard InChI is InChI=1S/C18H15ClFN/c19-16-8-7-15(11-17(16)20)18(21)10-12-5-6-13-3-1-2-4-14(13)9-12/h1-9,11,18H,10,21H2. The summed E-state index contributed by atoms with van der Waals surface area (Å²) in [5, 5.41) is 2.51. The number of nitrogens with two attached hydrogens (primary N) is 1. The molecule has 106 valence electrons. The van der Waals surface area contributed by atoms with Crippen LogP contribution in [0, 0.1) is 5.82 Å². The van der Waals surface area contributed by atoms with E-state index in [2.05, 4.69) is 30.3 Å². The predicted octanol–water partition coefficient (Wildman–Crippen LogP) is 4.87. The second-order valence-electron chi connectivity index (χ2n) is 5.17. The molecule has 21 heavy (non-hydrogen) atoms. The first kappa shape index (κ1) is 14.1. The van der Waals surface area contributed by atoms with E-state index in [4.69, 9.17) is 17.3 Å². The molecule has 0 aromatic heterocycles. The van der Waals surface area contributed by atoms with Gasteiger partial charge in [-0.3, -0.25) is 0 Å². The van der Waals surface area contributed by atoms with Crippen molar-refractivity contribution in [2.45, 2.75) is 12.5 Å². The second-order valence-corrected chi connectivity index (χ2v) is 5.57. The lowest BCUT2D eigenvalue weighted by atomic mass is 9.97. The first-order valence-electron chi connectivity index (χ1n) is 6.82. The highest BCUT2D eigenvalue weighted by Crippen LogP contribution is 2.23. The SMILES string of the molecule is NC(Cc1ccc2ccccc2c1)c1ccc(Cl)c(F)c1. The fourth-order valence-corrected chi connectivity index (χ4v) is 2.60. The predicted molar refractivity (Wildman–Crippen MR) is 86.0 cm³/mol. The molecule has 0 saturated carbocycles. The fourth-order valence-electron chi connectivity index (χ4n) is 2.48. The van der Waals surface area contributed by atoms with Crippen molar-refractivity contribution in [1.82, 2.24) is 0 Å². The summed E-state index contributed by atoms with van der Waals surface area (Å²) in [5.74, 6) is -0.428. The number of benzene rings is 3. The van der Waals surface area contributed by atoms with E-state index in [0.717, 1.165) is 11.1 Å². The fraction of sp³-hybridized carbons (Fsp3) is 0.111. The molecule has 3 aromatic carbocycles. The molecule has 0 saturated heterocycles. The van der Waals surface area contributed by atoms with Gasteiger partial charge in [0.2, 0.25) is 0 Å². The molecule has 0 aliphatic carbocycles. The molecule has 2 N–H and O–H groups in total. The molecule has 0 spiro atoms. The summed E-state index contributed by atoms with van der Waals surface area (Å²) in [6.45, 7) is 0. The van der Waals surface area contributed by atoms with Crippen LogP contribution in [0.4, 0.5) is 4.39 Å². The van der Waals surface area contributed by atoms with Crippen molar-refractivity contribution in [3.8, 4) is 0 Å². The number of fused-ring (bicyclic) bond motifs is 1. The molecule has 1 atom stereocenters. The van der Waals surface area contributed by atoms with Crippen LogP contribution in [-0.2, 0) is 6.42 Å². The van der Waals surface area contributed by atoms with Gasteiger partial charge in [-0.1, -0.05) is 60.1 Å². The third-order valence-corrected chi connectivity index (χ3v) is 3.95. The minimum atomic E-state index is -0.428. The second kappa shape index (κ2) is 5.84. The van der Waals surface area contributed by atoms with Crippen molar-refractivity contribution in [3.63, 3.8) is 0 Å².